The van der Waals surface area contributed by atoms with Crippen molar-refractivity contribution in [1.82, 2.24) is 20.8 Å². The Labute approximate surface area is 209 Å². The Morgan fingerprint density at radius 1 is 1.26 bits per heavy atom. The number of ether oxygens (including phenoxy) is 1. The highest BCUT2D eigenvalue weighted by Gasteiger charge is 2.40. The monoisotopic (exact) mass is 496 g/mol. The molecule has 3 aromatic rings. The van der Waals surface area contributed by atoms with Gasteiger partial charge in [0, 0.05) is 25.1 Å². The number of amides is 1. The molecule has 0 bridgehead atoms. The molecule has 1 aliphatic heterocycles. The van der Waals surface area contributed by atoms with Gasteiger partial charge in [-0.05, 0) is 52.2 Å². The fraction of sp³-hybridized carbons (Fsp3) is 0.462. The Balaban J connectivity index is 1.33. The fourth-order valence-corrected chi connectivity index (χ4v) is 4.96. The molecule has 186 valence electrons. The maximum atomic E-state index is 13.3. The average molecular weight is 497 g/mol. The van der Waals surface area contributed by atoms with E-state index in [1.807, 2.05) is 57.5 Å². The van der Waals surface area contributed by atoms with Gasteiger partial charge in [-0.2, -0.15) is 0 Å². The Morgan fingerprint density at radius 2 is 2.00 bits per heavy atom. The molecular weight excluding hydrogens is 464 g/mol. The van der Waals surface area contributed by atoms with E-state index in [-0.39, 0.29) is 17.6 Å². The SMILES string of the molecule is Cc1cc(C(OC(C)(C)C)C(=O)[C@H]2CN[C@H](C(=O)NCc3ccc(-c4scnc4C)cc3)C2)on1. The Bertz CT molecular complexity index is 1180. The third kappa shape index (κ3) is 6.22. The largest absolute Gasteiger partial charge is 0.358 e. The van der Waals surface area contributed by atoms with E-state index in [1.54, 1.807) is 24.3 Å². The molecule has 1 saturated heterocycles. The van der Waals surface area contributed by atoms with Crippen LogP contribution in [0.15, 0.2) is 40.4 Å². The van der Waals surface area contributed by atoms with Gasteiger partial charge in [-0.3, -0.25) is 9.59 Å². The molecule has 1 aliphatic rings. The van der Waals surface area contributed by atoms with Crippen molar-refractivity contribution in [2.45, 2.75) is 65.3 Å². The Kier molecular flexibility index (Phi) is 7.49. The lowest BCUT2D eigenvalue weighted by Gasteiger charge is -2.26. The molecule has 8 nitrogen and oxygen atoms in total. The van der Waals surface area contributed by atoms with E-state index in [0.29, 0.717) is 31.0 Å². The number of nitrogens with zero attached hydrogens (tertiary/aromatic N) is 2. The smallest absolute Gasteiger partial charge is 0.237 e. The van der Waals surface area contributed by atoms with Crippen LogP contribution in [-0.4, -0.2) is 40.0 Å². The predicted molar refractivity (Wildman–Crippen MR) is 134 cm³/mol. The molecule has 3 atom stereocenters. The number of benzene rings is 1. The number of aryl methyl sites for hydroxylation is 2. The summed E-state index contributed by atoms with van der Waals surface area (Å²) in [6.45, 7) is 10.3. The summed E-state index contributed by atoms with van der Waals surface area (Å²) in [6, 6.07) is 9.40. The lowest BCUT2D eigenvalue weighted by atomic mass is 9.94. The first kappa shape index (κ1) is 25.2. The number of Topliss-reactive ketones (excluding diaryl/α,β-unsaturated/α-hetero) is 1. The zero-order chi connectivity index (χ0) is 25.2. The summed E-state index contributed by atoms with van der Waals surface area (Å²) < 4.78 is 11.4. The molecule has 0 saturated carbocycles. The lowest BCUT2D eigenvalue weighted by Crippen LogP contribution is -2.39. The molecular formula is C26H32N4O4S. The van der Waals surface area contributed by atoms with Gasteiger partial charge in [0.15, 0.2) is 17.6 Å². The van der Waals surface area contributed by atoms with Crippen LogP contribution in [0.25, 0.3) is 10.4 Å². The number of nitrogens with one attached hydrogen (secondary N) is 2. The first-order chi connectivity index (χ1) is 16.6. The maximum Gasteiger partial charge on any atom is 0.237 e. The number of carbonyl (C=O) groups excluding carboxylic acids is 2. The van der Waals surface area contributed by atoms with Crippen LogP contribution in [0.2, 0.25) is 0 Å². The number of ketones is 1. The Morgan fingerprint density at radius 3 is 2.60 bits per heavy atom. The third-order valence-electron chi connectivity index (χ3n) is 5.91. The van der Waals surface area contributed by atoms with Gasteiger partial charge in [-0.15, -0.1) is 11.3 Å². The van der Waals surface area contributed by atoms with Gasteiger partial charge in [0.1, 0.15) is 0 Å². The highest BCUT2D eigenvalue weighted by atomic mass is 32.1. The van der Waals surface area contributed by atoms with Crippen molar-refractivity contribution in [2.24, 2.45) is 5.92 Å². The van der Waals surface area contributed by atoms with E-state index in [2.05, 4.69) is 20.8 Å². The summed E-state index contributed by atoms with van der Waals surface area (Å²) in [5.41, 5.74) is 5.13. The van der Waals surface area contributed by atoms with E-state index < -0.39 is 17.7 Å². The second-order valence-corrected chi connectivity index (χ2v) is 10.8. The van der Waals surface area contributed by atoms with Crippen LogP contribution in [0.5, 0.6) is 0 Å². The standard InChI is InChI=1S/C26H32N4O4S/c1-15-10-21(34-30-15)23(33-26(3,4)5)22(31)19-11-20(27-13-19)25(32)28-12-17-6-8-18(9-7-17)24-16(2)29-14-35-24/h6-10,14,19-20,23,27H,11-13H2,1-5H3,(H,28,32)/t19-,20+,23?/m1/s1. The number of thiazole rings is 1. The molecule has 0 spiro atoms. The summed E-state index contributed by atoms with van der Waals surface area (Å²) in [7, 11) is 0. The van der Waals surface area contributed by atoms with Gasteiger partial charge in [-0.25, -0.2) is 4.98 Å². The zero-order valence-corrected chi connectivity index (χ0v) is 21.6. The summed E-state index contributed by atoms with van der Waals surface area (Å²) in [5, 5.41) is 10.1. The molecule has 2 aromatic heterocycles. The van der Waals surface area contributed by atoms with Crippen molar-refractivity contribution >= 4 is 23.0 Å². The summed E-state index contributed by atoms with van der Waals surface area (Å²) in [4.78, 5) is 31.6. The van der Waals surface area contributed by atoms with Crippen LogP contribution >= 0.6 is 11.3 Å². The van der Waals surface area contributed by atoms with E-state index in [0.717, 1.165) is 21.7 Å². The molecule has 35 heavy (non-hydrogen) atoms. The summed E-state index contributed by atoms with van der Waals surface area (Å²) in [6.07, 6.45) is -0.448. The van der Waals surface area contributed by atoms with E-state index in [9.17, 15) is 9.59 Å². The fourth-order valence-electron chi connectivity index (χ4n) is 4.15. The van der Waals surface area contributed by atoms with Gasteiger partial charge in [0.05, 0.1) is 33.4 Å². The van der Waals surface area contributed by atoms with E-state index >= 15 is 0 Å². The number of rotatable bonds is 8. The topological polar surface area (TPSA) is 106 Å². The summed E-state index contributed by atoms with van der Waals surface area (Å²) >= 11 is 1.62. The normalized spacial score (nSPS) is 19.0. The number of aromatic nitrogens is 2. The highest BCUT2D eigenvalue weighted by molar-refractivity contribution is 7.13. The van der Waals surface area contributed by atoms with Gasteiger partial charge < -0.3 is 19.9 Å². The first-order valence-corrected chi connectivity index (χ1v) is 12.6. The first-order valence-electron chi connectivity index (χ1n) is 11.8. The molecule has 4 rings (SSSR count). The minimum absolute atomic E-state index is 0.104. The number of hydrogen-bond acceptors (Lipinski definition) is 8. The van der Waals surface area contributed by atoms with Crippen molar-refractivity contribution in [1.29, 1.82) is 0 Å². The van der Waals surface area contributed by atoms with Crippen molar-refractivity contribution in [3.05, 3.63) is 58.6 Å². The molecule has 0 aliphatic carbocycles. The van der Waals surface area contributed by atoms with Crippen molar-refractivity contribution in [3.8, 4) is 10.4 Å². The quantitative estimate of drug-likeness (QED) is 0.483. The zero-order valence-electron chi connectivity index (χ0n) is 20.8. The molecule has 9 heteroatoms. The van der Waals surface area contributed by atoms with Crippen LogP contribution in [0.1, 0.15) is 56.0 Å². The maximum absolute atomic E-state index is 13.3. The van der Waals surface area contributed by atoms with Gasteiger partial charge in [0.2, 0.25) is 5.91 Å². The average Bonchev–Trinajstić information content (AvgIpc) is 3.56. The molecule has 0 radical (unpaired) electrons. The van der Waals surface area contributed by atoms with Crippen LogP contribution < -0.4 is 10.6 Å². The predicted octanol–water partition coefficient (Wildman–Crippen LogP) is 4.13. The molecule has 2 N–H and O–H groups in total. The van der Waals surface area contributed by atoms with Gasteiger partial charge >= 0.3 is 0 Å². The van der Waals surface area contributed by atoms with E-state index in [4.69, 9.17) is 9.26 Å². The van der Waals surface area contributed by atoms with Crippen LogP contribution in [0.3, 0.4) is 0 Å². The van der Waals surface area contributed by atoms with E-state index in [1.165, 1.54) is 0 Å². The highest BCUT2D eigenvalue weighted by Crippen LogP contribution is 2.31. The minimum Gasteiger partial charge on any atom is -0.358 e. The second-order valence-electron chi connectivity index (χ2n) is 9.96. The molecule has 3 heterocycles. The van der Waals surface area contributed by atoms with Gasteiger partial charge in [-0.1, -0.05) is 29.4 Å². The third-order valence-corrected chi connectivity index (χ3v) is 6.89. The van der Waals surface area contributed by atoms with Gasteiger partial charge in [0.25, 0.3) is 0 Å². The van der Waals surface area contributed by atoms with Crippen LogP contribution in [0.4, 0.5) is 0 Å². The van der Waals surface area contributed by atoms with Crippen molar-refractivity contribution in [2.75, 3.05) is 6.54 Å². The summed E-state index contributed by atoms with van der Waals surface area (Å²) in [5.74, 6) is -0.183. The van der Waals surface area contributed by atoms with Crippen LogP contribution in [-0.2, 0) is 20.9 Å². The molecule has 1 fully saturated rings. The Hall–Kier alpha value is -2.88. The molecule has 1 aromatic carbocycles. The molecule has 1 unspecified atom stereocenters. The van der Waals surface area contributed by atoms with Crippen LogP contribution in [0, 0.1) is 19.8 Å². The lowest BCUT2D eigenvalue weighted by molar-refractivity contribution is -0.147. The number of hydrogen-bond donors (Lipinski definition) is 2. The second kappa shape index (κ2) is 10.4. The number of carbonyl (C=O) groups is 2. The molecule has 1 amide bonds. The van der Waals surface area contributed by atoms with Crippen molar-refractivity contribution in [3.63, 3.8) is 0 Å². The van der Waals surface area contributed by atoms with Crippen molar-refractivity contribution < 1.29 is 18.8 Å². The minimum atomic E-state index is -0.856.